The molecule has 2 unspecified atom stereocenters. The second-order valence-corrected chi connectivity index (χ2v) is 16.5. The zero-order chi connectivity index (χ0) is 33.8. The van der Waals surface area contributed by atoms with Gasteiger partial charge in [0.05, 0.1) is 23.4 Å². The van der Waals surface area contributed by atoms with Gasteiger partial charge >= 0.3 is 0 Å². The molecule has 13 heteroatoms. The molecule has 1 aromatic rings. The fraction of sp³-hybridized carbons (Fsp3) is 0.543. The lowest BCUT2D eigenvalue weighted by Crippen LogP contribution is -2.58. The van der Waals surface area contributed by atoms with Gasteiger partial charge in [-0.1, -0.05) is 49.3 Å². The third-order valence-corrected chi connectivity index (χ3v) is 12.9. The van der Waals surface area contributed by atoms with Crippen molar-refractivity contribution in [1.82, 2.24) is 14.9 Å². The van der Waals surface area contributed by atoms with Crippen LogP contribution in [0.4, 0.5) is 4.39 Å². The topological polar surface area (TPSA) is 160 Å². The Labute approximate surface area is 280 Å². The molecule has 4 N–H and O–H groups in total. The molecule has 11 nitrogen and oxygen atoms in total. The molecule has 3 amide bonds. The average molecular weight is 680 g/mol. The van der Waals surface area contributed by atoms with Crippen molar-refractivity contribution in [2.24, 2.45) is 16.6 Å². The van der Waals surface area contributed by atoms with E-state index in [-0.39, 0.29) is 31.1 Å². The fourth-order valence-electron chi connectivity index (χ4n) is 7.32. The molecule has 2 saturated carbocycles. The Bertz CT molecular complexity index is 1750. The number of fused-ring (bicyclic) bond motifs is 5. The highest BCUT2D eigenvalue weighted by atomic mass is 32.2. The van der Waals surface area contributed by atoms with Crippen LogP contribution in [0.3, 0.4) is 0 Å². The number of sulfonamides is 1. The minimum atomic E-state index is -3.95. The molecule has 48 heavy (non-hydrogen) atoms. The predicted molar refractivity (Wildman–Crippen MR) is 177 cm³/mol. The average Bonchev–Trinajstić information content (AvgIpc) is 3.93. The Balaban J connectivity index is 1.16. The lowest BCUT2D eigenvalue weighted by molar-refractivity contribution is -0.140. The number of aliphatic imine (C=N–C) groups is 1. The standard InChI is InChI=1S/C35H42FN5O6S/c1-34(15-16-34)48(45,46)40-33(44)35-19-21(35)9-5-3-2-4-6-12-27(37)32(43)41-20-23(18-29(41)30(42)39-35)47-31-26-11-8-7-10-24(26)25-14-13-22(36)17-28(25)38-31/h5,7-11,13-14,17,21,23,25,27-29H,2-4,6,12,15-16,18-20,37H2,1H3,(H,39,42)(H,40,44)/b9-5-/t21-,23-,25?,27+,28?,29+,35-/m1/s1. The Hall–Kier alpha value is -3.84. The first kappa shape index (κ1) is 32.7. The zero-order valence-electron chi connectivity index (χ0n) is 26.9. The summed E-state index contributed by atoms with van der Waals surface area (Å²) < 4.78 is 48.0. The summed E-state index contributed by atoms with van der Waals surface area (Å²) in [7, 11) is -3.95. The van der Waals surface area contributed by atoms with E-state index in [2.05, 4.69) is 10.0 Å². The molecule has 0 bridgehead atoms. The first-order chi connectivity index (χ1) is 22.9. The van der Waals surface area contributed by atoms with Gasteiger partial charge in [-0.3, -0.25) is 19.1 Å². The number of hydrogen-bond acceptors (Lipinski definition) is 8. The number of benzene rings is 1. The maximum absolute atomic E-state index is 14.2. The SMILES string of the molecule is CC1(S(=O)(=O)NC(=O)[C@@]23C[C@H]2/C=C\CCCCC[C@H](N)C(=O)N2C[C@H](OC4=NC5C=C(F)C=CC5c5ccccc54)C[C@H]2C(=O)N3)CC1. The lowest BCUT2D eigenvalue weighted by Gasteiger charge is -2.30. The summed E-state index contributed by atoms with van der Waals surface area (Å²) in [5.41, 5.74) is 6.61. The molecule has 0 spiro atoms. The van der Waals surface area contributed by atoms with Crippen molar-refractivity contribution in [2.75, 3.05) is 6.54 Å². The number of ether oxygens (including phenoxy) is 1. The Kier molecular flexibility index (Phi) is 8.34. The Morgan fingerprint density at radius 1 is 1.17 bits per heavy atom. The van der Waals surface area contributed by atoms with Gasteiger partial charge in [0.2, 0.25) is 27.7 Å². The van der Waals surface area contributed by atoms with E-state index in [0.29, 0.717) is 25.2 Å². The van der Waals surface area contributed by atoms with Gasteiger partial charge in [-0.15, -0.1) is 0 Å². The van der Waals surface area contributed by atoms with E-state index in [1.165, 1.54) is 17.1 Å². The second kappa shape index (κ2) is 12.2. The number of amides is 3. The molecule has 1 saturated heterocycles. The number of halogens is 1. The van der Waals surface area contributed by atoms with Gasteiger partial charge in [-0.25, -0.2) is 17.8 Å². The third kappa shape index (κ3) is 5.99. The Morgan fingerprint density at radius 2 is 1.96 bits per heavy atom. The molecule has 1 aromatic carbocycles. The highest BCUT2D eigenvalue weighted by Gasteiger charge is 2.63. The van der Waals surface area contributed by atoms with Crippen molar-refractivity contribution >= 4 is 33.6 Å². The van der Waals surface area contributed by atoms with Crippen molar-refractivity contribution in [3.8, 4) is 0 Å². The number of allylic oxidation sites excluding steroid dienone is 3. The van der Waals surface area contributed by atoms with Crippen LogP contribution in [-0.4, -0.2) is 78.0 Å². The van der Waals surface area contributed by atoms with E-state index in [1.807, 2.05) is 36.4 Å². The van der Waals surface area contributed by atoms with Crippen molar-refractivity contribution in [3.05, 3.63) is 71.6 Å². The highest BCUT2D eigenvalue weighted by Crippen LogP contribution is 2.47. The smallest absolute Gasteiger partial charge is 0.259 e. The minimum Gasteiger partial charge on any atom is -0.472 e. The molecular weight excluding hydrogens is 637 g/mol. The summed E-state index contributed by atoms with van der Waals surface area (Å²) in [6, 6.07) is 5.26. The molecule has 6 aliphatic rings. The highest BCUT2D eigenvalue weighted by molar-refractivity contribution is 7.91. The van der Waals surface area contributed by atoms with Crippen LogP contribution < -0.4 is 15.8 Å². The summed E-state index contributed by atoms with van der Waals surface area (Å²) in [5.74, 6) is -2.36. The van der Waals surface area contributed by atoms with Crippen LogP contribution in [0.5, 0.6) is 0 Å². The lowest BCUT2D eigenvalue weighted by atomic mass is 9.83. The van der Waals surface area contributed by atoms with E-state index in [9.17, 15) is 27.2 Å². The third-order valence-electron chi connectivity index (χ3n) is 10.8. The maximum Gasteiger partial charge on any atom is 0.259 e. The monoisotopic (exact) mass is 679 g/mol. The van der Waals surface area contributed by atoms with Gasteiger partial charge in [0.15, 0.2) is 0 Å². The van der Waals surface area contributed by atoms with Crippen LogP contribution in [0.2, 0.25) is 0 Å². The summed E-state index contributed by atoms with van der Waals surface area (Å²) >= 11 is 0. The second-order valence-electron chi connectivity index (χ2n) is 14.3. The summed E-state index contributed by atoms with van der Waals surface area (Å²) in [6.07, 6.45) is 12.8. The van der Waals surface area contributed by atoms with Crippen LogP contribution >= 0.6 is 0 Å². The number of carbonyl (C=O) groups is 3. The predicted octanol–water partition coefficient (Wildman–Crippen LogP) is 3.03. The molecule has 3 fully saturated rings. The molecule has 256 valence electrons. The van der Waals surface area contributed by atoms with E-state index < -0.39 is 68.2 Å². The molecule has 3 heterocycles. The molecule has 3 aliphatic carbocycles. The summed E-state index contributed by atoms with van der Waals surface area (Å²) in [4.78, 5) is 47.7. The van der Waals surface area contributed by atoms with Crippen molar-refractivity contribution < 1.29 is 31.9 Å². The van der Waals surface area contributed by atoms with E-state index >= 15 is 0 Å². The van der Waals surface area contributed by atoms with Gasteiger partial charge in [-0.2, -0.15) is 0 Å². The van der Waals surface area contributed by atoms with Gasteiger partial charge in [0.25, 0.3) is 5.91 Å². The Morgan fingerprint density at radius 3 is 2.75 bits per heavy atom. The van der Waals surface area contributed by atoms with Crippen molar-refractivity contribution in [2.45, 2.75) is 105 Å². The van der Waals surface area contributed by atoms with Crippen LogP contribution in [-0.2, 0) is 29.1 Å². The molecule has 0 aromatic heterocycles. The minimum absolute atomic E-state index is 0.0548. The van der Waals surface area contributed by atoms with Crippen LogP contribution in [0, 0.1) is 5.92 Å². The van der Waals surface area contributed by atoms with Gasteiger partial charge in [-0.05, 0) is 69.2 Å². The number of nitrogens with zero attached hydrogens (tertiary/aromatic N) is 2. The number of carbonyl (C=O) groups excluding carboxylic acids is 3. The largest absolute Gasteiger partial charge is 0.472 e. The van der Waals surface area contributed by atoms with Crippen molar-refractivity contribution in [1.29, 1.82) is 0 Å². The zero-order valence-corrected chi connectivity index (χ0v) is 27.8. The number of nitrogens with two attached hydrogens (primary N) is 1. The van der Waals surface area contributed by atoms with Crippen LogP contribution in [0.25, 0.3) is 0 Å². The van der Waals surface area contributed by atoms with Crippen molar-refractivity contribution in [3.63, 3.8) is 0 Å². The molecule has 3 aliphatic heterocycles. The maximum atomic E-state index is 14.2. The summed E-state index contributed by atoms with van der Waals surface area (Å²) in [5, 5.41) is 2.88. The van der Waals surface area contributed by atoms with Gasteiger partial charge < -0.3 is 20.7 Å². The molecular formula is C35H42FN5O6S. The van der Waals surface area contributed by atoms with E-state index in [4.69, 9.17) is 15.5 Å². The van der Waals surface area contributed by atoms with E-state index in [0.717, 1.165) is 36.8 Å². The fourth-order valence-corrected chi connectivity index (χ4v) is 8.63. The molecule has 7 atom stereocenters. The molecule has 7 rings (SSSR count). The number of rotatable bonds is 4. The first-order valence-electron chi connectivity index (χ1n) is 16.9. The first-order valence-corrected chi connectivity index (χ1v) is 18.4. The van der Waals surface area contributed by atoms with Gasteiger partial charge in [0.1, 0.15) is 23.5 Å². The van der Waals surface area contributed by atoms with Crippen LogP contribution in [0.15, 0.2) is 65.5 Å². The number of nitrogens with one attached hydrogen (secondary N) is 2. The van der Waals surface area contributed by atoms with Crippen LogP contribution in [0.1, 0.15) is 81.8 Å². The number of hydrogen-bond donors (Lipinski definition) is 3. The van der Waals surface area contributed by atoms with E-state index in [1.54, 1.807) is 13.0 Å². The summed E-state index contributed by atoms with van der Waals surface area (Å²) in [6.45, 7) is 1.65. The van der Waals surface area contributed by atoms with Gasteiger partial charge in [0, 0.05) is 23.8 Å². The molecule has 0 radical (unpaired) electrons. The quantitative estimate of drug-likeness (QED) is 0.413. The normalized spacial score (nSPS) is 34.8.